The van der Waals surface area contributed by atoms with E-state index in [1.54, 1.807) is 0 Å². The molecule has 3 atom stereocenters. The highest BCUT2D eigenvalue weighted by molar-refractivity contribution is 6.30. The van der Waals surface area contributed by atoms with E-state index in [2.05, 4.69) is 10.1 Å². The third kappa shape index (κ3) is 6.94. The number of alkyl halides is 3. The van der Waals surface area contributed by atoms with Crippen molar-refractivity contribution in [3.63, 3.8) is 0 Å². The van der Waals surface area contributed by atoms with E-state index in [4.69, 9.17) is 21.1 Å². The molecule has 2 heterocycles. The molecule has 2 aliphatic rings. The Morgan fingerprint density at radius 1 is 1.26 bits per heavy atom. The van der Waals surface area contributed by atoms with E-state index in [9.17, 15) is 27.2 Å². The average molecular weight is 469 g/mol. The number of nitrogens with one attached hydrogen (secondary N) is 1. The van der Waals surface area contributed by atoms with Crippen LogP contribution < -0.4 is 10.1 Å². The smallest absolute Gasteiger partial charge is 0.484 e. The van der Waals surface area contributed by atoms with Crippen molar-refractivity contribution >= 4 is 23.4 Å². The monoisotopic (exact) mass is 468 g/mol. The molecule has 2 saturated heterocycles. The summed E-state index contributed by atoms with van der Waals surface area (Å²) in [4.78, 5) is 25.8. The molecular formula is C19H21ClF4N2O5. The number of ether oxygens (including phenoxy) is 3. The highest BCUT2D eigenvalue weighted by Crippen LogP contribution is 2.25. The van der Waals surface area contributed by atoms with Crippen molar-refractivity contribution in [3.05, 3.63) is 29.0 Å². The lowest BCUT2D eigenvalue weighted by atomic mass is 10.0. The van der Waals surface area contributed by atoms with Gasteiger partial charge < -0.3 is 19.7 Å². The first-order valence-corrected chi connectivity index (χ1v) is 10.0. The fraction of sp³-hybridized carbons (Fsp3) is 0.579. The first kappa shape index (κ1) is 23.6. The lowest BCUT2D eigenvalue weighted by Gasteiger charge is -2.31. The molecule has 12 heteroatoms. The van der Waals surface area contributed by atoms with Crippen LogP contribution in [0.4, 0.5) is 17.6 Å². The van der Waals surface area contributed by atoms with Crippen molar-refractivity contribution in [2.45, 2.75) is 43.9 Å². The number of carbonyl (C=O) groups excluding carboxylic acids is 2. The van der Waals surface area contributed by atoms with E-state index in [1.165, 1.54) is 17.0 Å². The summed E-state index contributed by atoms with van der Waals surface area (Å²) in [6.07, 6.45) is -5.71. The maximum Gasteiger partial charge on any atom is 0.522 e. The quantitative estimate of drug-likeness (QED) is 0.650. The van der Waals surface area contributed by atoms with Crippen LogP contribution in [0.15, 0.2) is 18.2 Å². The van der Waals surface area contributed by atoms with Crippen molar-refractivity contribution < 1.29 is 41.4 Å². The number of likely N-dealkylation sites (tertiary alicyclic amines) is 1. The molecule has 1 aromatic rings. The Labute approximate surface area is 180 Å². The number of nitrogens with zero attached hydrogens (tertiary/aromatic N) is 1. The second-order valence-electron chi connectivity index (χ2n) is 7.29. The fourth-order valence-corrected chi connectivity index (χ4v) is 3.58. The second kappa shape index (κ2) is 10.0. The number of rotatable bonds is 6. The minimum atomic E-state index is -4.73. The lowest BCUT2D eigenvalue weighted by molar-refractivity contribution is -0.340. The average Bonchev–Trinajstić information content (AvgIpc) is 3.15. The molecule has 0 bridgehead atoms. The topological polar surface area (TPSA) is 77.1 Å². The van der Waals surface area contributed by atoms with Gasteiger partial charge >= 0.3 is 6.36 Å². The molecule has 7 nitrogen and oxygen atoms in total. The maximum atomic E-state index is 13.4. The van der Waals surface area contributed by atoms with Gasteiger partial charge in [0.1, 0.15) is 17.7 Å². The van der Waals surface area contributed by atoms with Crippen LogP contribution in [0.25, 0.3) is 0 Å². The normalized spacial score (nSPS) is 24.2. The van der Waals surface area contributed by atoms with Crippen LogP contribution in [0.1, 0.15) is 19.3 Å². The first-order chi connectivity index (χ1) is 14.6. The molecule has 1 aromatic carbocycles. The van der Waals surface area contributed by atoms with Crippen LogP contribution >= 0.6 is 11.6 Å². The van der Waals surface area contributed by atoms with Gasteiger partial charge in [-0.25, -0.2) is 4.39 Å². The summed E-state index contributed by atoms with van der Waals surface area (Å²) < 4.78 is 65.0. The predicted octanol–water partition coefficient (Wildman–Crippen LogP) is 2.66. The number of amides is 2. The molecule has 0 saturated carbocycles. The van der Waals surface area contributed by atoms with E-state index in [0.717, 1.165) is 6.07 Å². The molecule has 0 unspecified atom stereocenters. The van der Waals surface area contributed by atoms with Gasteiger partial charge in [-0.05, 0) is 31.4 Å². The lowest BCUT2D eigenvalue weighted by Crippen LogP contribution is -2.48. The minimum absolute atomic E-state index is 0.0578. The predicted molar refractivity (Wildman–Crippen MR) is 99.9 cm³/mol. The molecule has 0 aromatic heterocycles. The Morgan fingerprint density at radius 2 is 2.03 bits per heavy atom. The Morgan fingerprint density at radius 3 is 2.68 bits per heavy atom. The molecule has 1 N–H and O–H groups in total. The van der Waals surface area contributed by atoms with E-state index < -0.39 is 30.3 Å². The Balaban J connectivity index is 1.37. The van der Waals surface area contributed by atoms with Crippen molar-refractivity contribution in [1.29, 1.82) is 0 Å². The van der Waals surface area contributed by atoms with Crippen molar-refractivity contribution in [3.8, 4) is 5.75 Å². The number of hydrogen-bond donors (Lipinski definition) is 1. The van der Waals surface area contributed by atoms with Crippen LogP contribution in [0.3, 0.4) is 0 Å². The second-order valence-corrected chi connectivity index (χ2v) is 7.69. The zero-order valence-corrected chi connectivity index (χ0v) is 17.0. The number of carbonyl (C=O) groups is 2. The van der Waals surface area contributed by atoms with Gasteiger partial charge in [-0.15, -0.1) is 13.2 Å². The third-order valence-corrected chi connectivity index (χ3v) is 5.24. The van der Waals surface area contributed by atoms with E-state index in [0.29, 0.717) is 12.8 Å². The largest absolute Gasteiger partial charge is 0.522 e. The van der Waals surface area contributed by atoms with Crippen molar-refractivity contribution in [2.75, 3.05) is 26.3 Å². The zero-order chi connectivity index (χ0) is 22.6. The molecule has 2 aliphatic heterocycles. The van der Waals surface area contributed by atoms with Gasteiger partial charge in [0, 0.05) is 19.2 Å². The Hall–Kier alpha value is -2.11. The number of benzene rings is 1. The van der Waals surface area contributed by atoms with Gasteiger partial charge in [0.2, 0.25) is 0 Å². The van der Waals surface area contributed by atoms with Gasteiger partial charge in [-0.1, -0.05) is 11.6 Å². The summed E-state index contributed by atoms with van der Waals surface area (Å²) in [5, 5.41) is 2.64. The van der Waals surface area contributed by atoms with Crippen LogP contribution in [-0.2, 0) is 19.1 Å². The maximum absolute atomic E-state index is 13.4. The minimum Gasteiger partial charge on any atom is -0.484 e. The molecular weight excluding hydrogens is 448 g/mol. The molecule has 172 valence electrons. The molecule has 0 spiro atoms. The fourth-order valence-electron chi connectivity index (χ4n) is 3.46. The van der Waals surface area contributed by atoms with Crippen LogP contribution in [0, 0.1) is 5.82 Å². The summed E-state index contributed by atoms with van der Waals surface area (Å²) in [7, 11) is 0. The SMILES string of the molecule is O=C(COc1ccc(Cl)c(F)c1)N[C@H]1CC[C@H](C(=O)N2CC[C@H](OC(F)(F)F)C2)OC1. The zero-order valence-electron chi connectivity index (χ0n) is 16.3. The van der Waals surface area contributed by atoms with Gasteiger partial charge in [0.25, 0.3) is 11.8 Å². The van der Waals surface area contributed by atoms with Crippen LogP contribution in [0.2, 0.25) is 5.02 Å². The molecule has 31 heavy (non-hydrogen) atoms. The number of hydrogen-bond acceptors (Lipinski definition) is 5. The highest BCUT2D eigenvalue weighted by atomic mass is 35.5. The number of halogens is 5. The molecule has 3 rings (SSSR count). The summed E-state index contributed by atoms with van der Waals surface area (Å²) in [5.74, 6) is -1.34. The third-order valence-electron chi connectivity index (χ3n) is 4.93. The van der Waals surface area contributed by atoms with E-state index >= 15 is 0 Å². The molecule has 2 amide bonds. The van der Waals surface area contributed by atoms with E-state index in [-0.39, 0.29) is 55.4 Å². The summed E-state index contributed by atoms with van der Waals surface area (Å²) in [6.45, 7) is -0.231. The molecule has 0 aliphatic carbocycles. The van der Waals surface area contributed by atoms with Crippen LogP contribution in [0.5, 0.6) is 5.75 Å². The van der Waals surface area contributed by atoms with Crippen molar-refractivity contribution in [2.24, 2.45) is 0 Å². The molecule has 0 radical (unpaired) electrons. The van der Waals surface area contributed by atoms with Gasteiger partial charge in [-0.3, -0.25) is 14.3 Å². The van der Waals surface area contributed by atoms with Gasteiger partial charge in [0.15, 0.2) is 6.61 Å². The Kier molecular flexibility index (Phi) is 7.60. The standard InChI is InChI=1S/C19H21ClF4N2O5/c20-14-3-2-12(7-15(14)21)29-10-17(27)25-11-1-4-16(30-9-11)18(28)26-6-5-13(8-26)31-19(22,23)24/h2-3,7,11,13,16H,1,4-6,8-10H2,(H,25,27)/t11-,13-,16+/m0/s1. The van der Waals surface area contributed by atoms with Crippen LogP contribution in [-0.4, -0.2) is 67.6 Å². The summed E-state index contributed by atoms with van der Waals surface area (Å²) in [6, 6.07) is 3.47. The van der Waals surface area contributed by atoms with Crippen molar-refractivity contribution in [1.82, 2.24) is 10.2 Å². The first-order valence-electron chi connectivity index (χ1n) is 9.63. The summed E-state index contributed by atoms with van der Waals surface area (Å²) >= 11 is 5.58. The van der Waals surface area contributed by atoms with Gasteiger partial charge in [0.05, 0.1) is 23.8 Å². The van der Waals surface area contributed by atoms with Gasteiger partial charge in [-0.2, -0.15) is 0 Å². The van der Waals surface area contributed by atoms with E-state index in [1.807, 2.05) is 0 Å². The summed E-state index contributed by atoms with van der Waals surface area (Å²) in [5.41, 5.74) is 0. The highest BCUT2D eigenvalue weighted by Gasteiger charge is 2.39. The molecule has 2 fully saturated rings. The Bertz CT molecular complexity index is 802.